The number of benzene rings is 2. The quantitative estimate of drug-likeness (QED) is 0.486. The van der Waals surface area contributed by atoms with Crippen molar-refractivity contribution in [2.75, 3.05) is 0 Å². The van der Waals surface area contributed by atoms with Gasteiger partial charge in [-0.2, -0.15) is 0 Å². The maximum absolute atomic E-state index is 10.9. The minimum Gasteiger partial charge on any atom is -0.369 e. The summed E-state index contributed by atoms with van der Waals surface area (Å²) in [6, 6.07) is 22.0. The highest BCUT2D eigenvalue weighted by molar-refractivity contribution is 7.19. The van der Waals surface area contributed by atoms with Crippen LogP contribution < -0.4 is 5.73 Å². The molecule has 0 saturated heterocycles. The monoisotopic (exact) mass is 397 g/mol. The largest absolute Gasteiger partial charge is 0.369 e. The predicted molar refractivity (Wildman–Crippen MR) is 117 cm³/mol. The highest BCUT2D eigenvalue weighted by Gasteiger charge is 1.99. The first-order valence-electron chi connectivity index (χ1n) is 8.65. The third-order valence-electron chi connectivity index (χ3n) is 4.00. The average Bonchev–Trinajstić information content (AvgIpc) is 3.31. The van der Waals surface area contributed by atoms with Crippen LogP contribution in [0.4, 0.5) is 0 Å². The number of hydrogen-bond acceptors (Lipinski definition) is 3. The Bertz CT molecular complexity index is 1240. The smallest absolute Gasteiger partial charge is 0.221 e. The number of thiophene rings is 2. The molecule has 4 aromatic rings. The first kappa shape index (κ1) is 18.1. The molecule has 0 bridgehead atoms. The Morgan fingerprint density at radius 2 is 1.46 bits per heavy atom. The van der Waals surface area contributed by atoms with Crippen LogP contribution in [0.25, 0.3) is 10.1 Å². The standard InChI is InChI=1S/C24H15NOS2/c25-24(26)15-18-7-5-17(6-8-18)9-10-20-11-12-21(27-20)13-14-22-16-19-3-1-2-4-23(19)28-22/h1-8,11-12,16H,15H2,(H2,25,26). The van der Waals surface area contributed by atoms with Crippen LogP contribution in [0, 0.1) is 23.7 Å². The van der Waals surface area contributed by atoms with Gasteiger partial charge in [-0.05, 0) is 59.2 Å². The Labute approximate surface area is 171 Å². The van der Waals surface area contributed by atoms with Crippen LogP contribution in [0.5, 0.6) is 0 Å². The van der Waals surface area contributed by atoms with Crippen molar-refractivity contribution in [3.8, 4) is 23.7 Å². The number of hydrogen-bond donors (Lipinski definition) is 1. The molecule has 0 saturated carbocycles. The van der Waals surface area contributed by atoms with Crippen LogP contribution in [0.2, 0.25) is 0 Å². The van der Waals surface area contributed by atoms with E-state index in [1.54, 1.807) is 22.7 Å². The van der Waals surface area contributed by atoms with Gasteiger partial charge >= 0.3 is 0 Å². The van der Waals surface area contributed by atoms with Crippen molar-refractivity contribution in [1.82, 2.24) is 0 Å². The predicted octanol–water partition coefficient (Wildman–Crippen LogP) is 4.79. The lowest BCUT2D eigenvalue weighted by Gasteiger charge is -1.96. The lowest BCUT2D eigenvalue weighted by molar-refractivity contribution is -0.117. The Kier molecular flexibility index (Phi) is 5.26. The molecule has 2 heterocycles. The zero-order valence-corrected chi connectivity index (χ0v) is 16.5. The molecule has 2 nitrogen and oxygen atoms in total. The fourth-order valence-electron chi connectivity index (χ4n) is 2.68. The van der Waals surface area contributed by atoms with Gasteiger partial charge in [0, 0.05) is 10.3 Å². The van der Waals surface area contributed by atoms with E-state index in [2.05, 4.69) is 41.9 Å². The van der Waals surface area contributed by atoms with E-state index in [9.17, 15) is 4.79 Å². The molecule has 2 aromatic carbocycles. The van der Waals surface area contributed by atoms with E-state index in [1.807, 2.05) is 48.5 Å². The maximum atomic E-state index is 10.9. The lowest BCUT2D eigenvalue weighted by atomic mass is 10.1. The first-order valence-corrected chi connectivity index (χ1v) is 10.3. The number of fused-ring (bicyclic) bond motifs is 1. The van der Waals surface area contributed by atoms with Crippen LogP contribution in [0.15, 0.2) is 66.7 Å². The molecule has 0 unspecified atom stereocenters. The normalized spacial score (nSPS) is 10.0. The van der Waals surface area contributed by atoms with Gasteiger partial charge in [0.15, 0.2) is 0 Å². The van der Waals surface area contributed by atoms with Crippen molar-refractivity contribution in [2.45, 2.75) is 6.42 Å². The van der Waals surface area contributed by atoms with Gasteiger partial charge in [-0.3, -0.25) is 4.79 Å². The van der Waals surface area contributed by atoms with E-state index in [0.717, 1.165) is 25.8 Å². The second kappa shape index (κ2) is 8.15. The second-order valence-electron chi connectivity index (χ2n) is 6.15. The van der Waals surface area contributed by atoms with Crippen LogP contribution in [0.3, 0.4) is 0 Å². The molecule has 2 N–H and O–H groups in total. The van der Waals surface area contributed by atoms with Crippen LogP contribution in [0.1, 0.15) is 25.8 Å². The molecule has 4 rings (SSSR count). The van der Waals surface area contributed by atoms with Gasteiger partial charge in [0.1, 0.15) is 0 Å². The molecular weight excluding hydrogens is 382 g/mol. The highest BCUT2D eigenvalue weighted by atomic mass is 32.1. The van der Waals surface area contributed by atoms with Gasteiger partial charge < -0.3 is 5.73 Å². The van der Waals surface area contributed by atoms with Crippen molar-refractivity contribution in [2.24, 2.45) is 5.73 Å². The fourth-order valence-corrected chi connectivity index (χ4v) is 4.31. The Morgan fingerprint density at radius 3 is 2.18 bits per heavy atom. The van der Waals surface area contributed by atoms with Crippen LogP contribution >= 0.6 is 22.7 Å². The molecule has 0 aliphatic carbocycles. The number of rotatable bonds is 2. The van der Waals surface area contributed by atoms with E-state index < -0.39 is 0 Å². The summed E-state index contributed by atoms with van der Waals surface area (Å²) in [6.07, 6.45) is 0.250. The molecule has 2 aromatic heterocycles. The maximum Gasteiger partial charge on any atom is 0.221 e. The molecule has 4 heteroatoms. The number of primary amides is 1. The van der Waals surface area contributed by atoms with Crippen molar-refractivity contribution in [3.63, 3.8) is 0 Å². The Morgan fingerprint density at radius 1 is 0.786 bits per heavy atom. The molecule has 1 amide bonds. The second-order valence-corrected chi connectivity index (χ2v) is 8.32. The van der Waals surface area contributed by atoms with Crippen molar-refractivity contribution < 1.29 is 4.79 Å². The summed E-state index contributed by atoms with van der Waals surface area (Å²) in [6.45, 7) is 0. The summed E-state index contributed by atoms with van der Waals surface area (Å²) in [5.41, 5.74) is 7.00. The van der Waals surface area contributed by atoms with Crippen molar-refractivity contribution in [1.29, 1.82) is 0 Å². The molecule has 134 valence electrons. The molecule has 0 spiro atoms. The molecule has 0 atom stereocenters. The fraction of sp³-hybridized carbons (Fsp3) is 0.0417. The van der Waals surface area contributed by atoms with E-state index in [0.29, 0.717) is 0 Å². The number of carbonyl (C=O) groups excluding carboxylic acids is 1. The Hall–Kier alpha value is -3.31. The molecule has 0 radical (unpaired) electrons. The van der Waals surface area contributed by atoms with E-state index in [4.69, 9.17) is 5.73 Å². The average molecular weight is 398 g/mol. The molecule has 0 fully saturated rings. The number of amides is 1. The third-order valence-corrected chi connectivity index (χ3v) is 5.95. The SMILES string of the molecule is NC(=O)Cc1ccc(C#Cc2ccc(C#Cc3cc4ccccc4s3)s2)cc1. The Balaban J connectivity index is 1.47. The molecular formula is C24H15NOS2. The third kappa shape index (κ3) is 4.50. The van der Waals surface area contributed by atoms with Gasteiger partial charge in [-0.15, -0.1) is 22.7 Å². The van der Waals surface area contributed by atoms with Gasteiger partial charge in [-0.1, -0.05) is 42.2 Å². The molecule has 0 aliphatic heterocycles. The lowest BCUT2D eigenvalue weighted by Crippen LogP contribution is -2.13. The van der Waals surface area contributed by atoms with E-state index in [1.165, 1.54) is 10.1 Å². The minimum absolute atomic E-state index is 0.250. The minimum atomic E-state index is -0.332. The van der Waals surface area contributed by atoms with Crippen molar-refractivity contribution >= 4 is 38.7 Å². The van der Waals surface area contributed by atoms with Crippen LogP contribution in [-0.4, -0.2) is 5.91 Å². The number of nitrogens with two attached hydrogens (primary N) is 1. The first-order chi connectivity index (χ1) is 13.7. The van der Waals surface area contributed by atoms with Gasteiger partial charge in [0.2, 0.25) is 5.91 Å². The van der Waals surface area contributed by atoms with Crippen LogP contribution in [-0.2, 0) is 11.2 Å². The van der Waals surface area contributed by atoms with Gasteiger partial charge in [-0.25, -0.2) is 0 Å². The van der Waals surface area contributed by atoms with Gasteiger partial charge in [0.05, 0.1) is 21.1 Å². The number of carbonyl (C=O) groups is 1. The summed E-state index contributed by atoms with van der Waals surface area (Å²) < 4.78 is 1.26. The van der Waals surface area contributed by atoms with Crippen molar-refractivity contribution in [3.05, 3.63) is 92.5 Å². The zero-order valence-electron chi connectivity index (χ0n) is 14.9. The van der Waals surface area contributed by atoms with E-state index >= 15 is 0 Å². The topological polar surface area (TPSA) is 43.1 Å². The molecule has 28 heavy (non-hydrogen) atoms. The zero-order chi connectivity index (χ0) is 19.3. The summed E-state index contributed by atoms with van der Waals surface area (Å²) in [5.74, 6) is 12.5. The highest BCUT2D eigenvalue weighted by Crippen LogP contribution is 2.24. The summed E-state index contributed by atoms with van der Waals surface area (Å²) in [7, 11) is 0. The summed E-state index contributed by atoms with van der Waals surface area (Å²) >= 11 is 3.30. The van der Waals surface area contributed by atoms with E-state index in [-0.39, 0.29) is 12.3 Å². The van der Waals surface area contributed by atoms with Gasteiger partial charge in [0.25, 0.3) is 0 Å². The summed E-state index contributed by atoms with van der Waals surface area (Å²) in [5, 5.41) is 1.23. The summed E-state index contributed by atoms with van der Waals surface area (Å²) in [4.78, 5) is 14.0. The molecule has 0 aliphatic rings.